The lowest BCUT2D eigenvalue weighted by atomic mass is 10.4. The minimum atomic E-state index is -1.91. The lowest BCUT2D eigenvalue weighted by Gasteiger charge is -2.22. The van der Waals surface area contributed by atoms with E-state index in [-0.39, 0.29) is 5.97 Å². The molecule has 0 N–H and O–H groups in total. The van der Waals surface area contributed by atoms with E-state index in [1.807, 2.05) is 13.1 Å². The maximum atomic E-state index is 11.1. The molecule has 5 heteroatoms. The van der Waals surface area contributed by atoms with Gasteiger partial charge < -0.3 is 13.9 Å². The molecular weight excluding hydrogens is 212 g/mol. The van der Waals surface area contributed by atoms with Gasteiger partial charge in [-0.2, -0.15) is 0 Å². The fraction of sp³-hybridized carbons (Fsp3) is 0.700. The van der Waals surface area contributed by atoms with Gasteiger partial charge in [0, 0.05) is 12.7 Å². The van der Waals surface area contributed by atoms with Crippen LogP contribution < -0.4 is 0 Å². The summed E-state index contributed by atoms with van der Waals surface area (Å²) < 4.78 is 15.5. The Morgan fingerprint density at radius 1 is 1.33 bits per heavy atom. The highest BCUT2D eigenvalue weighted by molar-refractivity contribution is 6.71. The van der Waals surface area contributed by atoms with Crippen LogP contribution in [0.1, 0.15) is 6.92 Å². The number of esters is 1. The molecule has 0 atom stereocenters. The topological polar surface area (TPSA) is 44.8 Å². The monoisotopic (exact) mass is 232 g/mol. The second kappa shape index (κ2) is 6.76. The summed E-state index contributed by atoms with van der Waals surface area (Å²) in [6.45, 7) is 10.2. The molecule has 0 saturated carbocycles. The zero-order chi connectivity index (χ0) is 11.9. The standard InChI is InChI=1S/C10H20O4Si/c1-9(2)10(11)13-8-15(4,5)14-7-6-12-3/h1,6-8H2,2-5H3. The van der Waals surface area contributed by atoms with Crippen molar-refractivity contribution >= 4 is 14.3 Å². The highest BCUT2D eigenvalue weighted by Crippen LogP contribution is 2.06. The van der Waals surface area contributed by atoms with Gasteiger partial charge in [-0.25, -0.2) is 4.79 Å². The van der Waals surface area contributed by atoms with E-state index in [1.165, 1.54) is 0 Å². The minimum absolute atomic E-state index is 0.350. The number of carbonyl (C=O) groups excluding carboxylic acids is 1. The Balaban J connectivity index is 3.82. The van der Waals surface area contributed by atoms with E-state index in [2.05, 4.69) is 6.58 Å². The van der Waals surface area contributed by atoms with Crippen molar-refractivity contribution in [2.75, 3.05) is 26.6 Å². The fourth-order valence-electron chi connectivity index (χ4n) is 0.806. The van der Waals surface area contributed by atoms with E-state index in [9.17, 15) is 4.79 Å². The number of rotatable bonds is 7. The Labute approximate surface area is 92.3 Å². The van der Waals surface area contributed by atoms with E-state index in [0.717, 1.165) is 0 Å². The third-order valence-electron chi connectivity index (χ3n) is 1.68. The second-order valence-electron chi connectivity index (χ2n) is 3.96. The Kier molecular flexibility index (Phi) is 6.47. The van der Waals surface area contributed by atoms with Gasteiger partial charge in [0.15, 0.2) is 0 Å². The van der Waals surface area contributed by atoms with Crippen molar-refractivity contribution in [3.63, 3.8) is 0 Å². The highest BCUT2D eigenvalue weighted by atomic mass is 28.4. The van der Waals surface area contributed by atoms with Gasteiger partial charge in [0.25, 0.3) is 0 Å². The van der Waals surface area contributed by atoms with Crippen LogP contribution in [0.3, 0.4) is 0 Å². The molecule has 88 valence electrons. The molecule has 0 spiro atoms. The van der Waals surface area contributed by atoms with Gasteiger partial charge in [-0.1, -0.05) is 6.58 Å². The Morgan fingerprint density at radius 3 is 2.40 bits per heavy atom. The summed E-state index contributed by atoms with van der Waals surface area (Å²) in [7, 11) is -0.289. The number of methoxy groups -OCH3 is 1. The summed E-state index contributed by atoms with van der Waals surface area (Å²) in [5, 5.41) is 0. The summed E-state index contributed by atoms with van der Waals surface area (Å²) in [5.74, 6) is -0.356. The second-order valence-corrected chi connectivity index (χ2v) is 8.05. The molecule has 4 nitrogen and oxygen atoms in total. The van der Waals surface area contributed by atoms with Crippen LogP contribution in [0.2, 0.25) is 13.1 Å². The van der Waals surface area contributed by atoms with Gasteiger partial charge >= 0.3 is 5.97 Å². The van der Waals surface area contributed by atoms with Crippen LogP contribution in [0, 0.1) is 0 Å². The Bertz CT molecular complexity index is 225. The number of carbonyl (C=O) groups is 1. The predicted octanol–water partition coefficient (Wildman–Crippen LogP) is 1.51. The van der Waals surface area contributed by atoms with Crippen LogP contribution >= 0.6 is 0 Å². The van der Waals surface area contributed by atoms with Gasteiger partial charge in [0.1, 0.15) is 6.23 Å². The van der Waals surface area contributed by atoms with Gasteiger partial charge in [-0.15, -0.1) is 0 Å². The normalized spacial score (nSPS) is 11.2. The van der Waals surface area contributed by atoms with Crippen molar-refractivity contribution in [1.82, 2.24) is 0 Å². The quantitative estimate of drug-likeness (QED) is 0.289. The van der Waals surface area contributed by atoms with Crippen molar-refractivity contribution in [2.24, 2.45) is 0 Å². The first-order valence-electron chi connectivity index (χ1n) is 4.84. The molecule has 0 radical (unpaired) electrons. The largest absolute Gasteiger partial charge is 0.463 e. The van der Waals surface area contributed by atoms with Crippen molar-refractivity contribution in [2.45, 2.75) is 20.0 Å². The van der Waals surface area contributed by atoms with Gasteiger partial charge in [0.05, 0.1) is 13.2 Å². The molecule has 0 fully saturated rings. The molecule has 0 bridgehead atoms. The fourth-order valence-corrected chi connectivity index (χ4v) is 2.00. The van der Waals surface area contributed by atoms with E-state index in [0.29, 0.717) is 25.0 Å². The predicted molar refractivity (Wildman–Crippen MR) is 61.1 cm³/mol. The third-order valence-corrected chi connectivity index (χ3v) is 3.50. The summed E-state index contributed by atoms with van der Waals surface area (Å²) >= 11 is 0. The molecule has 15 heavy (non-hydrogen) atoms. The smallest absolute Gasteiger partial charge is 0.332 e. The molecule has 0 aromatic heterocycles. The molecule has 0 aliphatic heterocycles. The van der Waals surface area contributed by atoms with Gasteiger partial charge in [-0.05, 0) is 20.0 Å². The van der Waals surface area contributed by atoms with E-state index in [1.54, 1.807) is 14.0 Å². The molecule has 0 saturated heterocycles. The van der Waals surface area contributed by atoms with Crippen molar-refractivity contribution < 1.29 is 18.7 Å². The molecular formula is C10H20O4Si. The molecule has 0 aliphatic rings. The third kappa shape index (κ3) is 7.30. The van der Waals surface area contributed by atoms with E-state index in [4.69, 9.17) is 13.9 Å². The molecule has 0 amide bonds. The maximum Gasteiger partial charge on any atom is 0.332 e. The van der Waals surface area contributed by atoms with Gasteiger partial charge in [0.2, 0.25) is 8.32 Å². The molecule has 0 rings (SSSR count). The zero-order valence-electron chi connectivity index (χ0n) is 9.96. The van der Waals surface area contributed by atoms with Crippen LogP contribution in [0.15, 0.2) is 12.2 Å². The molecule has 0 aromatic carbocycles. The van der Waals surface area contributed by atoms with Crippen LogP contribution in [0.25, 0.3) is 0 Å². The lowest BCUT2D eigenvalue weighted by molar-refractivity contribution is -0.137. The zero-order valence-corrected chi connectivity index (χ0v) is 11.0. The lowest BCUT2D eigenvalue weighted by Crippen LogP contribution is -2.39. The molecule has 0 aromatic rings. The number of ether oxygens (including phenoxy) is 2. The highest BCUT2D eigenvalue weighted by Gasteiger charge is 2.24. The first kappa shape index (κ1) is 14.3. The van der Waals surface area contributed by atoms with Crippen LogP contribution in [0.4, 0.5) is 0 Å². The molecule has 0 unspecified atom stereocenters. The van der Waals surface area contributed by atoms with Crippen LogP contribution in [-0.2, 0) is 18.7 Å². The minimum Gasteiger partial charge on any atom is -0.463 e. The van der Waals surface area contributed by atoms with Crippen molar-refractivity contribution in [3.8, 4) is 0 Å². The van der Waals surface area contributed by atoms with Crippen LogP contribution in [0.5, 0.6) is 0 Å². The number of hydrogen-bond donors (Lipinski definition) is 0. The maximum absolute atomic E-state index is 11.1. The average Bonchev–Trinajstić information content (AvgIpc) is 2.14. The van der Waals surface area contributed by atoms with Crippen molar-refractivity contribution in [1.29, 1.82) is 0 Å². The summed E-state index contributed by atoms with van der Waals surface area (Å²) in [6.07, 6.45) is 0.350. The Hall–Kier alpha value is -0.653. The SMILES string of the molecule is C=C(C)C(=O)OC[Si](C)(C)OCCOC. The summed E-state index contributed by atoms with van der Waals surface area (Å²) in [6, 6.07) is 0. The first-order chi connectivity index (χ1) is 6.89. The number of hydrogen-bond acceptors (Lipinski definition) is 4. The average molecular weight is 232 g/mol. The first-order valence-corrected chi connectivity index (χ1v) is 7.96. The Morgan fingerprint density at radius 2 is 1.93 bits per heavy atom. The summed E-state index contributed by atoms with van der Waals surface area (Å²) in [4.78, 5) is 11.1. The summed E-state index contributed by atoms with van der Waals surface area (Å²) in [5.41, 5.74) is 0.414. The van der Waals surface area contributed by atoms with Gasteiger partial charge in [-0.3, -0.25) is 0 Å². The molecule has 0 heterocycles. The van der Waals surface area contributed by atoms with Crippen molar-refractivity contribution in [3.05, 3.63) is 12.2 Å². The van der Waals surface area contributed by atoms with E-state index < -0.39 is 8.32 Å². The molecule has 0 aliphatic carbocycles. The van der Waals surface area contributed by atoms with Crippen LogP contribution in [-0.4, -0.2) is 40.8 Å². The van der Waals surface area contributed by atoms with E-state index >= 15 is 0 Å².